The second-order valence-corrected chi connectivity index (χ2v) is 4.61. The van der Waals surface area contributed by atoms with Gasteiger partial charge in [-0.1, -0.05) is 0 Å². The SMILES string of the molecule is Cn1nccc1NC(=O)Cn1cc(-c2ccnc(N)n2)cn1. The number of aromatic nitrogens is 6. The van der Waals surface area contributed by atoms with Gasteiger partial charge in [0.2, 0.25) is 11.9 Å². The molecule has 3 aromatic heterocycles. The minimum absolute atomic E-state index is 0.0890. The third-order valence-electron chi connectivity index (χ3n) is 3.00. The number of nitrogen functional groups attached to an aromatic ring is 1. The van der Waals surface area contributed by atoms with Gasteiger partial charge in [-0.15, -0.1) is 0 Å². The van der Waals surface area contributed by atoms with Crippen LogP contribution < -0.4 is 11.1 Å². The van der Waals surface area contributed by atoms with Crippen LogP contribution in [0.5, 0.6) is 0 Å². The van der Waals surface area contributed by atoms with Crippen molar-refractivity contribution in [2.75, 3.05) is 11.1 Å². The average molecular weight is 298 g/mol. The van der Waals surface area contributed by atoms with E-state index >= 15 is 0 Å². The molecule has 22 heavy (non-hydrogen) atoms. The first-order valence-electron chi connectivity index (χ1n) is 6.51. The molecular weight excluding hydrogens is 284 g/mol. The second kappa shape index (κ2) is 5.64. The van der Waals surface area contributed by atoms with Gasteiger partial charge in [0, 0.05) is 31.1 Å². The van der Waals surface area contributed by atoms with Gasteiger partial charge in [0.05, 0.1) is 18.1 Å². The molecule has 3 N–H and O–H groups in total. The zero-order valence-corrected chi connectivity index (χ0v) is 11.8. The maximum absolute atomic E-state index is 12.0. The molecule has 0 bridgehead atoms. The summed E-state index contributed by atoms with van der Waals surface area (Å²) in [4.78, 5) is 19.9. The van der Waals surface area contributed by atoms with Crippen LogP contribution in [0.25, 0.3) is 11.3 Å². The van der Waals surface area contributed by atoms with Crippen molar-refractivity contribution in [1.29, 1.82) is 0 Å². The van der Waals surface area contributed by atoms with Crippen LogP contribution in [-0.4, -0.2) is 35.4 Å². The molecule has 0 spiro atoms. The van der Waals surface area contributed by atoms with Crippen molar-refractivity contribution in [3.63, 3.8) is 0 Å². The van der Waals surface area contributed by atoms with Crippen molar-refractivity contribution >= 4 is 17.7 Å². The summed E-state index contributed by atoms with van der Waals surface area (Å²) in [5.74, 6) is 0.626. The number of rotatable bonds is 4. The molecule has 0 aliphatic rings. The molecule has 0 fully saturated rings. The fourth-order valence-electron chi connectivity index (χ4n) is 1.94. The van der Waals surface area contributed by atoms with Crippen molar-refractivity contribution in [1.82, 2.24) is 29.5 Å². The van der Waals surface area contributed by atoms with Gasteiger partial charge in [-0.05, 0) is 6.07 Å². The molecule has 0 aliphatic heterocycles. The fraction of sp³-hybridized carbons (Fsp3) is 0.154. The highest BCUT2D eigenvalue weighted by molar-refractivity contribution is 5.89. The highest BCUT2D eigenvalue weighted by atomic mass is 16.2. The summed E-state index contributed by atoms with van der Waals surface area (Å²) in [7, 11) is 1.75. The Balaban J connectivity index is 1.69. The van der Waals surface area contributed by atoms with Crippen molar-refractivity contribution < 1.29 is 4.79 Å². The van der Waals surface area contributed by atoms with Crippen molar-refractivity contribution in [2.45, 2.75) is 6.54 Å². The molecule has 0 aromatic carbocycles. The topological polar surface area (TPSA) is 117 Å². The second-order valence-electron chi connectivity index (χ2n) is 4.61. The molecule has 3 rings (SSSR count). The van der Waals surface area contributed by atoms with E-state index in [4.69, 9.17) is 5.73 Å². The summed E-state index contributed by atoms with van der Waals surface area (Å²) in [5.41, 5.74) is 6.98. The number of nitrogens with zero attached hydrogens (tertiary/aromatic N) is 6. The predicted molar refractivity (Wildman–Crippen MR) is 79.5 cm³/mol. The standard InChI is InChI=1S/C13H14N8O/c1-20-11(3-5-16-20)19-12(22)8-21-7-9(6-17-21)10-2-4-15-13(14)18-10/h2-7H,8H2,1H3,(H,19,22)(H2,14,15,18). The number of nitrogens with two attached hydrogens (primary N) is 1. The minimum Gasteiger partial charge on any atom is -0.368 e. The first-order valence-corrected chi connectivity index (χ1v) is 6.51. The highest BCUT2D eigenvalue weighted by Crippen LogP contribution is 2.15. The molecule has 0 radical (unpaired) electrons. The molecule has 0 saturated heterocycles. The lowest BCUT2D eigenvalue weighted by Crippen LogP contribution is -2.20. The molecular formula is C13H14N8O. The largest absolute Gasteiger partial charge is 0.368 e. The summed E-state index contributed by atoms with van der Waals surface area (Å²) in [5, 5.41) is 10.9. The van der Waals surface area contributed by atoms with Crippen LogP contribution in [-0.2, 0) is 18.4 Å². The quantitative estimate of drug-likeness (QED) is 0.715. The summed E-state index contributed by atoms with van der Waals surface area (Å²) >= 11 is 0. The van der Waals surface area contributed by atoms with Crippen LogP contribution >= 0.6 is 0 Å². The number of carbonyl (C=O) groups is 1. The van der Waals surface area contributed by atoms with Gasteiger partial charge in [0.1, 0.15) is 12.4 Å². The van der Waals surface area contributed by atoms with Crippen molar-refractivity contribution in [3.8, 4) is 11.3 Å². The van der Waals surface area contributed by atoms with Gasteiger partial charge < -0.3 is 11.1 Å². The summed E-state index contributed by atoms with van der Waals surface area (Å²) in [6.07, 6.45) is 6.54. The number of carbonyl (C=O) groups excluding carboxylic acids is 1. The molecule has 0 unspecified atom stereocenters. The van der Waals surface area contributed by atoms with Gasteiger partial charge in [0.15, 0.2) is 0 Å². The maximum Gasteiger partial charge on any atom is 0.247 e. The summed E-state index contributed by atoms with van der Waals surface area (Å²) < 4.78 is 3.11. The lowest BCUT2D eigenvalue weighted by molar-refractivity contribution is -0.116. The van der Waals surface area contributed by atoms with Gasteiger partial charge in [-0.2, -0.15) is 10.2 Å². The van der Waals surface area contributed by atoms with Gasteiger partial charge in [-0.25, -0.2) is 9.97 Å². The van der Waals surface area contributed by atoms with E-state index in [9.17, 15) is 4.79 Å². The van der Waals surface area contributed by atoms with Gasteiger partial charge in [0.25, 0.3) is 0 Å². The zero-order valence-electron chi connectivity index (χ0n) is 11.8. The Morgan fingerprint density at radius 3 is 2.91 bits per heavy atom. The third kappa shape index (κ3) is 2.92. The summed E-state index contributed by atoms with van der Waals surface area (Å²) in [6.45, 7) is 0.0890. The summed E-state index contributed by atoms with van der Waals surface area (Å²) in [6, 6.07) is 3.45. The highest BCUT2D eigenvalue weighted by Gasteiger charge is 2.09. The molecule has 112 valence electrons. The van der Waals surface area contributed by atoms with E-state index in [0.717, 1.165) is 5.56 Å². The monoisotopic (exact) mass is 298 g/mol. The van der Waals surface area contributed by atoms with E-state index < -0.39 is 0 Å². The number of hydrogen-bond donors (Lipinski definition) is 2. The van der Waals surface area contributed by atoms with E-state index in [1.807, 2.05) is 0 Å². The molecule has 0 atom stereocenters. The maximum atomic E-state index is 12.0. The molecule has 3 aromatic rings. The molecule has 1 amide bonds. The van der Waals surface area contributed by atoms with Crippen molar-refractivity contribution in [3.05, 3.63) is 36.9 Å². The Bertz CT molecular complexity index is 806. The first-order chi connectivity index (χ1) is 10.6. The third-order valence-corrected chi connectivity index (χ3v) is 3.00. The smallest absolute Gasteiger partial charge is 0.247 e. The van der Waals surface area contributed by atoms with Crippen LogP contribution in [0.1, 0.15) is 0 Å². The minimum atomic E-state index is -0.194. The number of anilines is 2. The van der Waals surface area contributed by atoms with Crippen LogP contribution in [0.3, 0.4) is 0 Å². The molecule has 0 aliphatic carbocycles. The first kappa shape index (κ1) is 13.7. The Morgan fingerprint density at radius 2 is 2.18 bits per heavy atom. The number of hydrogen-bond acceptors (Lipinski definition) is 6. The van der Waals surface area contributed by atoms with Gasteiger partial charge >= 0.3 is 0 Å². The Labute approximate surface area is 125 Å². The zero-order chi connectivity index (χ0) is 15.5. The van der Waals surface area contributed by atoms with E-state index in [1.165, 1.54) is 4.68 Å². The molecule has 9 heteroatoms. The van der Waals surface area contributed by atoms with Crippen LogP contribution in [0.15, 0.2) is 36.9 Å². The Hall–Kier alpha value is -3.23. The van der Waals surface area contributed by atoms with Gasteiger partial charge in [-0.3, -0.25) is 14.2 Å². The number of aryl methyl sites for hydroxylation is 1. The lowest BCUT2D eigenvalue weighted by Gasteiger charge is -2.05. The van der Waals surface area contributed by atoms with Crippen molar-refractivity contribution in [2.24, 2.45) is 7.05 Å². The van der Waals surface area contributed by atoms with Crippen LogP contribution in [0, 0.1) is 0 Å². The van der Waals surface area contributed by atoms with E-state index in [1.54, 1.807) is 48.6 Å². The van der Waals surface area contributed by atoms with E-state index in [2.05, 4.69) is 25.5 Å². The lowest BCUT2D eigenvalue weighted by atomic mass is 10.2. The Kier molecular flexibility index (Phi) is 3.52. The Morgan fingerprint density at radius 1 is 1.32 bits per heavy atom. The predicted octanol–water partition coefficient (Wildman–Crippen LogP) is 0.294. The molecule has 0 saturated carbocycles. The van der Waals surface area contributed by atoms with E-state index in [0.29, 0.717) is 11.5 Å². The molecule has 9 nitrogen and oxygen atoms in total. The molecule has 3 heterocycles. The normalized spacial score (nSPS) is 10.6. The van der Waals surface area contributed by atoms with Crippen LogP contribution in [0.2, 0.25) is 0 Å². The number of nitrogens with one attached hydrogen (secondary N) is 1. The number of amides is 1. The van der Waals surface area contributed by atoms with Crippen LogP contribution in [0.4, 0.5) is 11.8 Å². The average Bonchev–Trinajstić information content (AvgIpc) is 3.09. The van der Waals surface area contributed by atoms with E-state index in [-0.39, 0.29) is 18.4 Å². The fourth-order valence-corrected chi connectivity index (χ4v) is 1.94.